The highest BCUT2D eigenvalue weighted by atomic mass is 19.4. The Kier molecular flexibility index (Phi) is 4.00. The number of benzene rings is 1. The maximum atomic E-state index is 12.8. The summed E-state index contributed by atoms with van der Waals surface area (Å²) in [7, 11) is 0. The Bertz CT molecular complexity index is 817. The molecule has 1 heterocycles. The molecule has 0 unspecified atom stereocenters. The fourth-order valence-electron chi connectivity index (χ4n) is 2.20. The number of hydrogen-bond donors (Lipinski definition) is 0. The van der Waals surface area contributed by atoms with Crippen molar-refractivity contribution in [2.45, 2.75) is 33.0 Å². The average Bonchev–Trinajstić information content (AvgIpc) is 2.38. The third-order valence-corrected chi connectivity index (χ3v) is 3.33. The molecule has 2 aromatic rings. The zero-order valence-corrected chi connectivity index (χ0v) is 12.3. The van der Waals surface area contributed by atoms with Crippen molar-refractivity contribution in [3.8, 4) is 5.69 Å². The summed E-state index contributed by atoms with van der Waals surface area (Å²) < 4.78 is 40.6. The van der Waals surface area contributed by atoms with Gasteiger partial charge in [0.1, 0.15) is 0 Å². The van der Waals surface area contributed by atoms with E-state index in [-0.39, 0.29) is 5.69 Å². The predicted octanol–water partition coefficient (Wildman–Crippen LogP) is 2.91. The monoisotopic (exact) mass is 312 g/mol. The van der Waals surface area contributed by atoms with E-state index in [2.05, 4.69) is 0 Å². The van der Waals surface area contributed by atoms with E-state index in [1.165, 1.54) is 18.3 Å². The van der Waals surface area contributed by atoms with Gasteiger partial charge in [0.25, 0.3) is 5.56 Å². The fraction of sp³-hybridized carbons (Fsp3) is 0.333. The van der Waals surface area contributed by atoms with Crippen LogP contribution in [0.2, 0.25) is 0 Å². The lowest BCUT2D eigenvalue weighted by molar-refractivity contribution is -0.137. The average molecular weight is 312 g/mol. The van der Waals surface area contributed by atoms with Gasteiger partial charge in [-0.1, -0.05) is 6.07 Å². The molecule has 2 rings (SSSR count). The van der Waals surface area contributed by atoms with Crippen molar-refractivity contribution in [1.82, 2.24) is 9.13 Å². The van der Waals surface area contributed by atoms with E-state index in [1.54, 1.807) is 20.8 Å². The molecule has 0 saturated carbocycles. The van der Waals surface area contributed by atoms with Crippen LogP contribution in [0.25, 0.3) is 5.69 Å². The summed E-state index contributed by atoms with van der Waals surface area (Å²) in [4.78, 5) is 24.1. The van der Waals surface area contributed by atoms with Gasteiger partial charge in [0.05, 0.1) is 11.3 Å². The van der Waals surface area contributed by atoms with Gasteiger partial charge in [0.2, 0.25) is 0 Å². The van der Waals surface area contributed by atoms with Crippen molar-refractivity contribution in [2.24, 2.45) is 0 Å². The second-order valence-electron chi connectivity index (χ2n) is 5.27. The Morgan fingerprint density at radius 3 is 2.27 bits per heavy atom. The van der Waals surface area contributed by atoms with Crippen molar-refractivity contribution in [1.29, 1.82) is 0 Å². The van der Waals surface area contributed by atoms with E-state index in [1.807, 2.05) is 0 Å². The second kappa shape index (κ2) is 5.47. The summed E-state index contributed by atoms with van der Waals surface area (Å²) in [5, 5.41) is 0. The van der Waals surface area contributed by atoms with Gasteiger partial charge in [-0.2, -0.15) is 13.2 Å². The van der Waals surface area contributed by atoms with Gasteiger partial charge >= 0.3 is 11.9 Å². The third kappa shape index (κ3) is 2.84. The summed E-state index contributed by atoms with van der Waals surface area (Å²) in [5.41, 5.74) is -1.38. The number of rotatable bonds is 2. The van der Waals surface area contributed by atoms with E-state index in [0.29, 0.717) is 5.56 Å². The van der Waals surface area contributed by atoms with Crippen LogP contribution < -0.4 is 11.2 Å². The van der Waals surface area contributed by atoms with E-state index in [0.717, 1.165) is 21.3 Å². The molecule has 0 aliphatic heterocycles. The summed E-state index contributed by atoms with van der Waals surface area (Å²) in [6.07, 6.45) is -3.30. The van der Waals surface area contributed by atoms with Gasteiger partial charge in [-0.05, 0) is 38.5 Å². The van der Waals surface area contributed by atoms with Crippen molar-refractivity contribution >= 4 is 0 Å². The quantitative estimate of drug-likeness (QED) is 0.856. The topological polar surface area (TPSA) is 44.0 Å². The molecular formula is C15H15F3N2O2. The summed E-state index contributed by atoms with van der Waals surface area (Å²) >= 11 is 0. The van der Waals surface area contributed by atoms with Crippen LogP contribution in [-0.2, 0) is 6.18 Å². The minimum absolute atomic E-state index is 0.106. The van der Waals surface area contributed by atoms with Crippen LogP contribution in [-0.4, -0.2) is 9.13 Å². The zero-order valence-electron chi connectivity index (χ0n) is 12.3. The molecule has 0 saturated heterocycles. The highest BCUT2D eigenvalue weighted by molar-refractivity contribution is 5.44. The lowest BCUT2D eigenvalue weighted by Crippen LogP contribution is -2.39. The molecule has 4 nitrogen and oxygen atoms in total. The van der Waals surface area contributed by atoms with Gasteiger partial charge in [-0.25, -0.2) is 4.79 Å². The number of halogens is 3. The number of aromatic nitrogens is 2. The predicted molar refractivity (Wildman–Crippen MR) is 76.4 cm³/mol. The molecule has 0 aliphatic rings. The van der Waals surface area contributed by atoms with Crippen LogP contribution in [0.15, 0.2) is 40.1 Å². The second-order valence-corrected chi connectivity index (χ2v) is 5.27. The fourth-order valence-corrected chi connectivity index (χ4v) is 2.20. The zero-order chi connectivity index (χ0) is 16.7. The maximum absolute atomic E-state index is 12.8. The van der Waals surface area contributed by atoms with Crippen LogP contribution in [0.4, 0.5) is 13.2 Å². The first-order valence-electron chi connectivity index (χ1n) is 6.65. The Morgan fingerprint density at radius 1 is 1.09 bits per heavy atom. The van der Waals surface area contributed by atoms with Crippen molar-refractivity contribution < 1.29 is 13.2 Å². The number of nitrogens with zero attached hydrogens (tertiary/aromatic N) is 2. The number of hydrogen-bond acceptors (Lipinski definition) is 2. The first kappa shape index (κ1) is 16.1. The molecule has 0 bridgehead atoms. The lowest BCUT2D eigenvalue weighted by atomic mass is 10.1. The summed E-state index contributed by atoms with van der Waals surface area (Å²) in [5.74, 6) is 0. The van der Waals surface area contributed by atoms with Gasteiger partial charge in [0, 0.05) is 18.3 Å². The summed E-state index contributed by atoms with van der Waals surface area (Å²) in [6, 6.07) is 3.95. The molecule has 0 N–H and O–H groups in total. The van der Waals surface area contributed by atoms with Crippen LogP contribution >= 0.6 is 0 Å². The minimum atomic E-state index is -4.50. The number of aryl methyl sites for hydroxylation is 1. The van der Waals surface area contributed by atoms with Crippen LogP contribution in [0.1, 0.15) is 31.0 Å². The lowest BCUT2D eigenvalue weighted by Gasteiger charge is -2.15. The molecule has 118 valence electrons. The van der Waals surface area contributed by atoms with Crippen LogP contribution in [0.3, 0.4) is 0 Å². The summed E-state index contributed by atoms with van der Waals surface area (Å²) in [6.45, 7) is 4.92. The molecule has 0 aliphatic carbocycles. The highest BCUT2D eigenvalue weighted by Crippen LogP contribution is 2.31. The SMILES string of the molecule is Cc1ccc(C(F)(F)F)cc1-n1ccc(=O)n(C(C)C)c1=O. The molecule has 7 heteroatoms. The Hall–Kier alpha value is -2.31. The van der Waals surface area contributed by atoms with Gasteiger partial charge in [-0.15, -0.1) is 0 Å². The molecule has 0 atom stereocenters. The molecule has 0 radical (unpaired) electrons. The van der Waals surface area contributed by atoms with Crippen molar-refractivity contribution in [3.63, 3.8) is 0 Å². The molecule has 0 spiro atoms. The molecule has 0 fully saturated rings. The maximum Gasteiger partial charge on any atom is 0.416 e. The van der Waals surface area contributed by atoms with Gasteiger partial charge in [-0.3, -0.25) is 13.9 Å². The van der Waals surface area contributed by atoms with Gasteiger partial charge in [0.15, 0.2) is 0 Å². The highest BCUT2D eigenvalue weighted by Gasteiger charge is 2.31. The molecule has 0 amide bonds. The third-order valence-electron chi connectivity index (χ3n) is 3.33. The Morgan fingerprint density at radius 2 is 1.73 bits per heavy atom. The number of alkyl halides is 3. The van der Waals surface area contributed by atoms with E-state index in [9.17, 15) is 22.8 Å². The van der Waals surface area contributed by atoms with E-state index >= 15 is 0 Å². The van der Waals surface area contributed by atoms with E-state index in [4.69, 9.17) is 0 Å². The molecule has 1 aromatic carbocycles. The largest absolute Gasteiger partial charge is 0.416 e. The molecular weight excluding hydrogens is 297 g/mol. The Labute approximate surface area is 124 Å². The van der Waals surface area contributed by atoms with Crippen molar-refractivity contribution in [2.75, 3.05) is 0 Å². The van der Waals surface area contributed by atoms with E-state index < -0.39 is 29.0 Å². The van der Waals surface area contributed by atoms with Crippen molar-refractivity contribution in [3.05, 3.63) is 62.4 Å². The first-order chi connectivity index (χ1) is 10.1. The smallest absolute Gasteiger partial charge is 0.269 e. The minimum Gasteiger partial charge on any atom is -0.269 e. The normalized spacial score (nSPS) is 12.0. The Balaban J connectivity index is 2.75. The van der Waals surface area contributed by atoms with Crippen LogP contribution in [0, 0.1) is 6.92 Å². The van der Waals surface area contributed by atoms with Gasteiger partial charge < -0.3 is 0 Å². The van der Waals surface area contributed by atoms with Crippen LogP contribution in [0.5, 0.6) is 0 Å². The standard InChI is InChI=1S/C15H15F3N2O2/c1-9(2)20-13(21)6-7-19(14(20)22)12-8-11(15(16,17)18)5-4-10(12)3/h4-9H,1-3H3. The first-order valence-corrected chi connectivity index (χ1v) is 6.65. The molecule has 1 aromatic heterocycles. The molecule has 22 heavy (non-hydrogen) atoms.